The van der Waals surface area contributed by atoms with Crippen LogP contribution in [0.25, 0.3) is 0 Å². The highest BCUT2D eigenvalue weighted by molar-refractivity contribution is 5.12. The van der Waals surface area contributed by atoms with Gasteiger partial charge >= 0.3 is 0 Å². The first-order valence-corrected chi connectivity index (χ1v) is 9.07. The van der Waals surface area contributed by atoms with E-state index < -0.39 is 0 Å². The van der Waals surface area contributed by atoms with Crippen LogP contribution < -0.4 is 0 Å². The Kier molecular flexibility index (Phi) is 3.91. The summed E-state index contributed by atoms with van der Waals surface area (Å²) >= 11 is 0. The lowest BCUT2D eigenvalue weighted by Gasteiger charge is -2.38. The molecule has 2 aromatic heterocycles. The SMILES string of the molecule is CC(C)(C)c1cn(C2CC3CCC(C2)N3Cc2ccncc2)nn1. The molecule has 2 aromatic rings. The van der Waals surface area contributed by atoms with Gasteiger partial charge in [-0.1, -0.05) is 26.0 Å². The zero-order valence-electron chi connectivity index (χ0n) is 14.9. The van der Waals surface area contributed by atoms with Crippen LogP contribution in [0, 0.1) is 0 Å². The number of pyridine rings is 1. The molecule has 24 heavy (non-hydrogen) atoms. The van der Waals surface area contributed by atoms with Gasteiger partial charge in [0.05, 0.1) is 11.7 Å². The van der Waals surface area contributed by atoms with Gasteiger partial charge in [0, 0.05) is 42.6 Å². The molecule has 2 saturated heterocycles. The van der Waals surface area contributed by atoms with Crippen LogP contribution in [0.3, 0.4) is 0 Å². The minimum absolute atomic E-state index is 0.0687. The number of nitrogens with zero attached hydrogens (tertiary/aromatic N) is 5. The molecule has 4 heterocycles. The van der Waals surface area contributed by atoms with E-state index in [0.29, 0.717) is 18.1 Å². The van der Waals surface area contributed by atoms with Crippen molar-refractivity contribution in [2.45, 2.75) is 76.5 Å². The number of piperidine rings is 1. The average molecular weight is 325 g/mol. The van der Waals surface area contributed by atoms with Crippen molar-refractivity contribution < 1.29 is 0 Å². The average Bonchev–Trinajstić information content (AvgIpc) is 3.12. The highest BCUT2D eigenvalue weighted by Crippen LogP contribution is 2.41. The molecule has 4 rings (SSSR count). The van der Waals surface area contributed by atoms with Crippen LogP contribution in [0.5, 0.6) is 0 Å². The second-order valence-corrected chi connectivity index (χ2v) is 8.37. The van der Waals surface area contributed by atoms with E-state index in [1.807, 2.05) is 12.4 Å². The van der Waals surface area contributed by atoms with Crippen molar-refractivity contribution >= 4 is 0 Å². The summed E-state index contributed by atoms with van der Waals surface area (Å²) in [5.74, 6) is 0. The fourth-order valence-electron chi connectivity index (χ4n) is 4.22. The van der Waals surface area contributed by atoms with E-state index in [1.165, 1.54) is 31.2 Å². The molecule has 2 aliphatic heterocycles. The highest BCUT2D eigenvalue weighted by Gasteiger charge is 2.41. The number of aromatic nitrogens is 4. The Morgan fingerprint density at radius 2 is 1.71 bits per heavy atom. The van der Waals surface area contributed by atoms with Gasteiger partial charge in [0.1, 0.15) is 0 Å². The van der Waals surface area contributed by atoms with Crippen molar-refractivity contribution in [2.75, 3.05) is 0 Å². The van der Waals surface area contributed by atoms with Crippen molar-refractivity contribution in [3.8, 4) is 0 Å². The Labute approximate surface area is 144 Å². The van der Waals surface area contributed by atoms with Gasteiger partial charge < -0.3 is 0 Å². The number of hydrogen-bond acceptors (Lipinski definition) is 4. The van der Waals surface area contributed by atoms with Crippen molar-refractivity contribution in [1.82, 2.24) is 24.9 Å². The van der Waals surface area contributed by atoms with Crippen LogP contribution in [0.2, 0.25) is 0 Å². The van der Waals surface area contributed by atoms with Crippen molar-refractivity contribution in [3.63, 3.8) is 0 Å². The third kappa shape index (κ3) is 2.97. The maximum Gasteiger partial charge on any atom is 0.0880 e. The summed E-state index contributed by atoms with van der Waals surface area (Å²) in [7, 11) is 0. The van der Waals surface area contributed by atoms with E-state index in [9.17, 15) is 0 Å². The van der Waals surface area contributed by atoms with E-state index in [2.05, 4.69) is 64.0 Å². The predicted octanol–water partition coefficient (Wildman–Crippen LogP) is 3.34. The molecule has 2 fully saturated rings. The smallest absolute Gasteiger partial charge is 0.0880 e. The lowest BCUT2D eigenvalue weighted by molar-refractivity contribution is 0.0944. The largest absolute Gasteiger partial charge is 0.293 e. The summed E-state index contributed by atoms with van der Waals surface area (Å²) in [4.78, 5) is 6.83. The van der Waals surface area contributed by atoms with Crippen molar-refractivity contribution in [3.05, 3.63) is 42.0 Å². The van der Waals surface area contributed by atoms with E-state index in [4.69, 9.17) is 0 Å². The van der Waals surface area contributed by atoms with Crippen molar-refractivity contribution in [1.29, 1.82) is 0 Å². The van der Waals surface area contributed by atoms with Gasteiger partial charge in [-0.2, -0.15) is 0 Å². The Morgan fingerprint density at radius 3 is 2.29 bits per heavy atom. The molecule has 0 amide bonds. The molecule has 2 aliphatic rings. The Hall–Kier alpha value is -1.75. The molecule has 0 aliphatic carbocycles. The quantitative estimate of drug-likeness (QED) is 0.868. The molecule has 0 radical (unpaired) electrons. The van der Waals surface area contributed by atoms with E-state index >= 15 is 0 Å². The molecule has 2 bridgehead atoms. The van der Waals surface area contributed by atoms with Crippen LogP contribution in [0.1, 0.15) is 63.8 Å². The number of rotatable bonds is 3. The van der Waals surface area contributed by atoms with Crippen LogP contribution in [0.4, 0.5) is 0 Å². The maximum absolute atomic E-state index is 4.45. The first-order valence-electron chi connectivity index (χ1n) is 9.07. The van der Waals surface area contributed by atoms with Crippen LogP contribution >= 0.6 is 0 Å². The summed E-state index contributed by atoms with van der Waals surface area (Å²) in [5, 5.41) is 8.86. The predicted molar refractivity (Wildman–Crippen MR) is 93.6 cm³/mol. The molecular formula is C19H27N5. The van der Waals surface area contributed by atoms with E-state index in [0.717, 1.165) is 12.2 Å². The fraction of sp³-hybridized carbons (Fsp3) is 0.632. The third-order valence-corrected chi connectivity index (χ3v) is 5.63. The van der Waals surface area contributed by atoms with Crippen LogP contribution in [0.15, 0.2) is 30.7 Å². The molecule has 2 atom stereocenters. The van der Waals surface area contributed by atoms with Crippen LogP contribution in [-0.2, 0) is 12.0 Å². The number of fused-ring (bicyclic) bond motifs is 2. The first kappa shape index (κ1) is 15.8. The zero-order valence-corrected chi connectivity index (χ0v) is 14.9. The maximum atomic E-state index is 4.45. The Balaban J connectivity index is 1.47. The molecule has 0 spiro atoms. The minimum atomic E-state index is 0.0687. The second kappa shape index (κ2) is 5.96. The standard InChI is InChI=1S/C19H27N5/c1-19(2,3)18-13-24(22-21-18)17-10-15-4-5-16(11-17)23(15)12-14-6-8-20-9-7-14/h6-9,13,15-17H,4-5,10-12H2,1-3H3. The monoisotopic (exact) mass is 325 g/mol. The van der Waals surface area contributed by atoms with Gasteiger partial charge in [0.15, 0.2) is 0 Å². The highest BCUT2D eigenvalue weighted by atomic mass is 15.4. The topological polar surface area (TPSA) is 46.8 Å². The van der Waals surface area contributed by atoms with Gasteiger partial charge in [-0.05, 0) is 43.4 Å². The molecule has 128 valence electrons. The normalized spacial score (nSPS) is 27.5. The van der Waals surface area contributed by atoms with Gasteiger partial charge in [-0.25, -0.2) is 4.68 Å². The zero-order chi connectivity index (χ0) is 16.7. The van der Waals surface area contributed by atoms with Gasteiger partial charge in [0.25, 0.3) is 0 Å². The molecule has 5 nitrogen and oxygen atoms in total. The molecular weight excluding hydrogens is 298 g/mol. The Morgan fingerprint density at radius 1 is 1.04 bits per heavy atom. The van der Waals surface area contributed by atoms with E-state index in [-0.39, 0.29) is 5.41 Å². The van der Waals surface area contributed by atoms with Crippen LogP contribution in [-0.4, -0.2) is 37.0 Å². The van der Waals surface area contributed by atoms with Gasteiger partial charge in [-0.3, -0.25) is 9.88 Å². The summed E-state index contributed by atoms with van der Waals surface area (Å²) in [6.45, 7) is 7.64. The molecule has 2 unspecified atom stereocenters. The lowest BCUT2D eigenvalue weighted by Crippen LogP contribution is -2.42. The number of hydrogen-bond donors (Lipinski definition) is 0. The molecule has 0 saturated carbocycles. The Bertz CT molecular complexity index is 673. The molecule has 0 aromatic carbocycles. The minimum Gasteiger partial charge on any atom is -0.293 e. The summed E-state index contributed by atoms with van der Waals surface area (Å²) in [6, 6.07) is 6.12. The molecule has 5 heteroatoms. The summed E-state index contributed by atoms with van der Waals surface area (Å²) < 4.78 is 2.13. The van der Waals surface area contributed by atoms with Gasteiger partial charge in [-0.15, -0.1) is 5.10 Å². The second-order valence-electron chi connectivity index (χ2n) is 8.37. The summed E-state index contributed by atoms with van der Waals surface area (Å²) in [6.07, 6.45) is 11.0. The lowest BCUT2D eigenvalue weighted by atomic mass is 9.93. The molecule has 0 N–H and O–H groups in total. The van der Waals surface area contributed by atoms with E-state index in [1.54, 1.807) is 0 Å². The van der Waals surface area contributed by atoms with Crippen molar-refractivity contribution in [2.24, 2.45) is 0 Å². The summed E-state index contributed by atoms with van der Waals surface area (Å²) in [5.41, 5.74) is 2.53. The van der Waals surface area contributed by atoms with Gasteiger partial charge in [0.2, 0.25) is 0 Å². The first-order chi connectivity index (χ1) is 11.5. The fourth-order valence-corrected chi connectivity index (χ4v) is 4.22. The third-order valence-electron chi connectivity index (χ3n) is 5.63.